The summed E-state index contributed by atoms with van der Waals surface area (Å²) in [7, 11) is -3.86. The Morgan fingerprint density at radius 1 is 0.967 bits per heavy atom. The molecule has 0 saturated carbocycles. The van der Waals surface area contributed by atoms with Crippen LogP contribution in [-0.2, 0) is 21.2 Å². The first-order valence-electron chi connectivity index (χ1n) is 9.45. The first kappa shape index (κ1) is 22.1. The molecular formula is C23H24N2O3S2. The van der Waals surface area contributed by atoms with Crippen LogP contribution in [-0.4, -0.2) is 26.6 Å². The zero-order chi connectivity index (χ0) is 21.6. The van der Waals surface area contributed by atoms with Gasteiger partial charge in [0.25, 0.3) is 0 Å². The van der Waals surface area contributed by atoms with Crippen molar-refractivity contribution in [3.05, 3.63) is 90.0 Å². The molecule has 3 rings (SSSR count). The molecule has 0 aliphatic heterocycles. The molecule has 30 heavy (non-hydrogen) atoms. The van der Waals surface area contributed by atoms with Crippen LogP contribution < -0.4 is 10.0 Å². The molecule has 0 unspecified atom stereocenters. The number of benzene rings is 3. The first-order chi connectivity index (χ1) is 14.4. The Hall–Kier alpha value is -2.61. The lowest BCUT2D eigenvalue weighted by atomic mass is 10.1. The van der Waals surface area contributed by atoms with Crippen LogP contribution in [0.3, 0.4) is 0 Å². The number of thioether (sulfide) groups is 1. The summed E-state index contributed by atoms with van der Waals surface area (Å²) in [6.07, 6.45) is 2.19. The zero-order valence-corrected chi connectivity index (χ0v) is 18.5. The number of rotatable bonds is 8. The average Bonchev–Trinajstić information content (AvgIpc) is 2.74. The third-order valence-corrected chi connectivity index (χ3v) is 6.78. The van der Waals surface area contributed by atoms with Gasteiger partial charge in [0.1, 0.15) is 6.04 Å². The van der Waals surface area contributed by atoms with E-state index in [1.807, 2.05) is 61.7 Å². The Bertz CT molecular complexity index is 1100. The fourth-order valence-electron chi connectivity index (χ4n) is 2.94. The monoisotopic (exact) mass is 440 g/mol. The number of hydrogen-bond acceptors (Lipinski definition) is 4. The van der Waals surface area contributed by atoms with Crippen LogP contribution >= 0.6 is 11.8 Å². The van der Waals surface area contributed by atoms with Crippen LogP contribution in [0, 0.1) is 6.92 Å². The Labute approximate surface area is 182 Å². The van der Waals surface area contributed by atoms with Gasteiger partial charge in [-0.25, -0.2) is 8.42 Å². The lowest BCUT2D eigenvalue weighted by Crippen LogP contribution is -2.45. The molecule has 3 aromatic rings. The molecule has 1 atom stereocenters. The van der Waals surface area contributed by atoms with Gasteiger partial charge in [0, 0.05) is 10.6 Å². The van der Waals surface area contributed by atoms with Gasteiger partial charge >= 0.3 is 0 Å². The highest BCUT2D eigenvalue weighted by molar-refractivity contribution is 7.98. The van der Waals surface area contributed by atoms with Gasteiger partial charge in [-0.05, 0) is 55.5 Å². The Balaban J connectivity index is 1.85. The van der Waals surface area contributed by atoms with E-state index in [4.69, 9.17) is 0 Å². The molecule has 7 heteroatoms. The zero-order valence-electron chi connectivity index (χ0n) is 16.8. The number of anilines is 1. The minimum absolute atomic E-state index is 0.128. The van der Waals surface area contributed by atoms with E-state index in [0.717, 1.165) is 16.0 Å². The summed E-state index contributed by atoms with van der Waals surface area (Å²) >= 11 is 1.57. The molecule has 0 bridgehead atoms. The highest BCUT2D eigenvalue weighted by atomic mass is 32.2. The van der Waals surface area contributed by atoms with E-state index in [-0.39, 0.29) is 11.3 Å². The van der Waals surface area contributed by atoms with Crippen molar-refractivity contribution in [3.63, 3.8) is 0 Å². The van der Waals surface area contributed by atoms with E-state index in [0.29, 0.717) is 5.69 Å². The molecule has 0 saturated heterocycles. The topological polar surface area (TPSA) is 75.3 Å². The van der Waals surface area contributed by atoms with Gasteiger partial charge in [-0.3, -0.25) is 4.79 Å². The quantitative estimate of drug-likeness (QED) is 0.514. The van der Waals surface area contributed by atoms with Crippen LogP contribution in [0.2, 0.25) is 0 Å². The molecular weight excluding hydrogens is 416 g/mol. The molecule has 2 N–H and O–H groups in total. The van der Waals surface area contributed by atoms with Gasteiger partial charge in [-0.1, -0.05) is 54.1 Å². The summed E-state index contributed by atoms with van der Waals surface area (Å²) in [6.45, 7) is 1.89. The van der Waals surface area contributed by atoms with Gasteiger partial charge in [-0.15, -0.1) is 11.8 Å². The smallest absolute Gasteiger partial charge is 0.242 e. The number of carbonyl (C=O) groups excluding carboxylic acids is 1. The largest absolute Gasteiger partial charge is 0.325 e. The van der Waals surface area contributed by atoms with Crippen molar-refractivity contribution in [1.29, 1.82) is 0 Å². The van der Waals surface area contributed by atoms with E-state index < -0.39 is 22.0 Å². The molecule has 0 aromatic heterocycles. The van der Waals surface area contributed by atoms with Gasteiger partial charge in [0.2, 0.25) is 15.9 Å². The molecule has 1 amide bonds. The SMILES string of the molecule is CSc1cccc(NC(=O)[C@H](Cc2ccccc2)NS(=O)(=O)c2ccc(C)cc2)c1. The summed E-state index contributed by atoms with van der Waals surface area (Å²) < 4.78 is 28.4. The predicted octanol–water partition coefficient (Wildman–Crippen LogP) is 4.25. The maximum atomic E-state index is 13.0. The summed E-state index contributed by atoms with van der Waals surface area (Å²) in [5, 5.41) is 2.84. The highest BCUT2D eigenvalue weighted by Gasteiger charge is 2.26. The van der Waals surface area contributed by atoms with Crippen LogP contribution in [0.5, 0.6) is 0 Å². The minimum Gasteiger partial charge on any atom is -0.325 e. The normalized spacial score (nSPS) is 12.3. The van der Waals surface area contributed by atoms with Crippen molar-refractivity contribution in [2.45, 2.75) is 29.2 Å². The maximum absolute atomic E-state index is 13.0. The van der Waals surface area contributed by atoms with Crippen molar-refractivity contribution < 1.29 is 13.2 Å². The summed E-state index contributed by atoms with van der Waals surface area (Å²) in [5.41, 5.74) is 2.45. The Kier molecular flexibility index (Phi) is 7.31. The van der Waals surface area contributed by atoms with E-state index in [1.54, 1.807) is 30.0 Å². The fourth-order valence-corrected chi connectivity index (χ4v) is 4.60. The van der Waals surface area contributed by atoms with E-state index in [9.17, 15) is 13.2 Å². The highest BCUT2D eigenvalue weighted by Crippen LogP contribution is 2.20. The Morgan fingerprint density at radius 2 is 1.67 bits per heavy atom. The van der Waals surface area contributed by atoms with Crippen molar-refractivity contribution in [1.82, 2.24) is 4.72 Å². The maximum Gasteiger partial charge on any atom is 0.242 e. The second kappa shape index (κ2) is 9.93. The number of aryl methyl sites for hydroxylation is 1. The van der Waals surface area contributed by atoms with Crippen LogP contribution in [0.4, 0.5) is 5.69 Å². The molecule has 0 radical (unpaired) electrons. The van der Waals surface area contributed by atoms with Crippen LogP contribution in [0.15, 0.2) is 88.7 Å². The van der Waals surface area contributed by atoms with Crippen molar-refractivity contribution >= 4 is 33.4 Å². The average molecular weight is 441 g/mol. The van der Waals surface area contributed by atoms with Crippen LogP contribution in [0.25, 0.3) is 0 Å². The molecule has 0 aliphatic carbocycles. The number of sulfonamides is 1. The number of carbonyl (C=O) groups is 1. The van der Waals surface area contributed by atoms with Gasteiger partial charge in [0.15, 0.2) is 0 Å². The second-order valence-corrected chi connectivity index (χ2v) is 9.49. The standard InChI is InChI=1S/C23H24N2O3S2/c1-17-11-13-21(14-12-17)30(27,28)25-22(15-18-7-4-3-5-8-18)23(26)24-19-9-6-10-20(16-19)29-2/h3-14,16,22,25H,15H2,1-2H3,(H,24,26)/t22-/m0/s1. The molecule has 156 valence electrons. The first-order valence-corrected chi connectivity index (χ1v) is 12.2. The minimum atomic E-state index is -3.86. The second-order valence-electron chi connectivity index (χ2n) is 6.90. The summed E-state index contributed by atoms with van der Waals surface area (Å²) in [4.78, 5) is 14.2. The number of nitrogens with one attached hydrogen (secondary N) is 2. The lowest BCUT2D eigenvalue weighted by molar-refractivity contribution is -0.117. The van der Waals surface area contributed by atoms with Crippen molar-refractivity contribution in [3.8, 4) is 0 Å². The van der Waals surface area contributed by atoms with Crippen molar-refractivity contribution in [2.24, 2.45) is 0 Å². The third-order valence-electron chi connectivity index (χ3n) is 4.57. The van der Waals surface area contributed by atoms with E-state index >= 15 is 0 Å². The fraction of sp³-hybridized carbons (Fsp3) is 0.174. The van der Waals surface area contributed by atoms with Gasteiger partial charge in [-0.2, -0.15) is 4.72 Å². The molecule has 0 spiro atoms. The van der Waals surface area contributed by atoms with E-state index in [1.165, 1.54) is 12.1 Å². The number of hydrogen-bond donors (Lipinski definition) is 2. The molecule has 3 aromatic carbocycles. The number of amides is 1. The van der Waals surface area contributed by atoms with Crippen molar-refractivity contribution in [2.75, 3.05) is 11.6 Å². The van der Waals surface area contributed by atoms with Gasteiger partial charge < -0.3 is 5.32 Å². The lowest BCUT2D eigenvalue weighted by Gasteiger charge is -2.19. The van der Waals surface area contributed by atoms with Crippen LogP contribution in [0.1, 0.15) is 11.1 Å². The molecule has 0 heterocycles. The Morgan fingerprint density at radius 3 is 2.33 bits per heavy atom. The third kappa shape index (κ3) is 5.95. The summed E-state index contributed by atoms with van der Waals surface area (Å²) in [5.74, 6) is -0.409. The summed E-state index contributed by atoms with van der Waals surface area (Å²) in [6, 6.07) is 22.4. The van der Waals surface area contributed by atoms with E-state index in [2.05, 4.69) is 10.0 Å². The van der Waals surface area contributed by atoms with Gasteiger partial charge in [0.05, 0.1) is 4.90 Å². The molecule has 5 nitrogen and oxygen atoms in total. The molecule has 0 aliphatic rings. The predicted molar refractivity (Wildman–Crippen MR) is 122 cm³/mol. The molecule has 0 fully saturated rings.